The SMILES string of the molecule is CC(CC(=O)Nc1ccc(F)cc1)=NNC(=O)CCc1ccccc1. The smallest absolute Gasteiger partial charge is 0.240 e. The van der Waals surface area contributed by atoms with Gasteiger partial charge in [-0.1, -0.05) is 30.3 Å². The number of amides is 2. The Balaban J connectivity index is 1.73. The molecule has 0 heterocycles. The molecule has 0 saturated heterocycles. The molecule has 130 valence electrons. The zero-order chi connectivity index (χ0) is 18.1. The Morgan fingerprint density at radius 1 is 1.00 bits per heavy atom. The minimum atomic E-state index is -0.367. The average molecular weight is 341 g/mol. The van der Waals surface area contributed by atoms with Crippen molar-refractivity contribution in [2.45, 2.75) is 26.2 Å². The van der Waals surface area contributed by atoms with Crippen molar-refractivity contribution in [3.63, 3.8) is 0 Å². The summed E-state index contributed by atoms with van der Waals surface area (Å²) in [5, 5.41) is 6.56. The van der Waals surface area contributed by atoms with E-state index in [1.807, 2.05) is 30.3 Å². The normalized spacial score (nSPS) is 11.0. The van der Waals surface area contributed by atoms with Gasteiger partial charge in [0.25, 0.3) is 0 Å². The van der Waals surface area contributed by atoms with Gasteiger partial charge in [-0.2, -0.15) is 5.10 Å². The molecule has 0 aliphatic heterocycles. The molecule has 25 heavy (non-hydrogen) atoms. The molecule has 0 fully saturated rings. The summed E-state index contributed by atoms with van der Waals surface area (Å²) in [5.74, 6) is -0.859. The third-order valence-corrected chi connectivity index (χ3v) is 3.40. The maximum absolute atomic E-state index is 12.8. The van der Waals surface area contributed by atoms with Crippen LogP contribution >= 0.6 is 0 Å². The zero-order valence-corrected chi connectivity index (χ0v) is 14.0. The molecular formula is C19H20FN3O2. The predicted molar refractivity (Wildman–Crippen MR) is 95.7 cm³/mol. The number of carbonyl (C=O) groups excluding carboxylic acids is 2. The number of benzene rings is 2. The van der Waals surface area contributed by atoms with Crippen LogP contribution in [0.5, 0.6) is 0 Å². The first kappa shape index (κ1) is 18.3. The number of hydrogen-bond acceptors (Lipinski definition) is 3. The van der Waals surface area contributed by atoms with Gasteiger partial charge in [-0.15, -0.1) is 0 Å². The number of hydrazone groups is 1. The fraction of sp³-hybridized carbons (Fsp3) is 0.211. The van der Waals surface area contributed by atoms with Crippen molar-refractivity contribution < 1.29 is 14.0 Å². The van der Waals surface area contributed by atoms with Crippen molar-refractivity contribution >= 4 is 23.2 Å². The van der Waals surface area contributed by atoms with E-state index in [0.717, 1.165) is 5.56 Å². The molecule has 0 saturated carbocycles. The van der Waals surface area contributed by atoms with Gasteiger partial charge in [-0.05, 0) is 43.2 Å². The van der Waals surface area contributed by atoms with E-state index in [1.54, 1.807) is 6.92 Å². The summed E-state index contributed by atoms with van der Waals surface area (Å²) < 4.78 is 12.8. The molecule has 2 rings (SSSR count). The van der Waals surface area contributed by atoms with Crippen LogP contribution in [0.3, 0.4) is 0 Å². The Hall–Kier alpha value is -3.02. The van der Waals surface area contributed by atoms with Gasteiger partial charge in [-0.3, -0.25) is 9.59 Å². The first-order valence-corrected chi connectivity index (χ1v) is 7.94. The Morgan fingerprint density at radius 2 is 1.68 bits per heavy atom. The monoisotopic (exact) mass is 341 g/mol. The molecule has 0 aliphatic rings. The lowest BCUT2D eigenvalue weighted by atomic mass is 10.1. The highest BCUT2D eigenvalue weighted by Crippen LogP contribution is 2.08. The number of anilines is 1. The lowest BCUT2D eigenvalue weighted by Crippen LogP contribution is -2.21. The summed E-state index contributed by atoms with van der Waals surface area (Å²) in [4.78, 5) is 23.6. The fourth-order valence-corrected chi connectivity index (χ4v) is 2.13. The van der Waals surface area contributed by atoms with Gasteiger partial charge >= 0.3 is 0 Å². The molecular weight excluding hydrogens is 321 g/mol. The van der Waals surface area contributed by atoms with E-state index < -0.39 is 0 Å². The molecule has 0 bridgehead atoms. The molecule has 0 radical (unpaired) electrons. The topological polar surface area (TPSA) is 70.6 Å². The molecule has 0 aromatic heterocycles. The van der Waals surface area contributed by atoms with Crippen LogP contribution in [0, 0.1) is 5.82 Å². The third-order valence-electron chi connectivity index (χ3n) is 3.40. The second kappa shape index (κ2) is 9.32. The van der Waals surface area contributed by atoms with E-state index in [-0.39, 0.29) is 24.1 Å². The first-order chi connectivity index (χ1) is 12.0. The molecule has 2 N–H and O–H groups in total. The molecule has 2 aromatic carbocycles. The number of nitrogens with zero attached hydrogens (tertiary/aromatic N) is 1. The number of aryl methyl sites for hydroxylation is 1. The molecule has 5 nitrogen and oxygen atoms in total. The summed E-state index contributed by atoms with van der Waals surface area (Å²) in [6.07, 6.45) is 0.991. The Bertz CT molecular complexity index is 743. The highest BCUT2D eigenvalue weighted by Gasteiger charge is 2.06. The van der Waals surface area contributed by atoms with Gasteiger partial charge in [0.1, 0.15) is 5.82 Å². The molecule has 0 atom stereocenters. The summed E-state index contributed by atoms with van der Waals surface area (Å²) in [6.45, 7) is 1.65. The van der Waals surface area contributed by atoms with E-state index in [0.29, 0.717) is 24.2 Å². The predicted octanol–water partition coefficient (Wildman–Crippen LogP) is 3.28. The van der Waals surface area contributed by atoms with E-state index in [1.165, 1.54) is 24.3 Å². The Morgan fingerprint density at radius 3 is 2.36 bits per heavy atom. The van der Waals surface area contributed by atoms with Gasteiger partial charge < -0.3 is 5.32 Å². The lowest BCUT2D eigenvalue weighted by Gasteiger charge is -2.05. The lowest BCUT2D eigenvalue weighted by molar-refractivity contribution is -0.121. The zero-order valence-electron chi connectivity index (χ0n) is 14.0. The van der Waals surface area contributed by atoms with E-state index in [9.17, 15) is 14.0 Å². The van der Waals surface area contributed by atoms with Gasteiger partial charge in [0.05, 0.1) is 6.42 Å². The van der Waals surface area contributed by atoms with Crippen molar-refractivity contribution in [2.75, 3.05) is 5.32 Å². The van der Waals surface area contributed by atoms with Crippen molar-refractivity contribution in [2.24, 2.45) is 5.10 Å². The van der Waals surface area contributed by atoms with Crippen molar-refractivity contribution in [3.8, 4) is 0 Å². The van der Waals surface area contributed by atoms with Crippen LogP contribution in [0.25, 0.3) is 0 Å². The fourth-order valence-electron chi connectivity index (χ4n) is 2.13. The first-order valence-electron chi connectivity index (χ1n) is 7.94. The van der Waals surface area contributed by atoms with Crippen LogP contribution < -0.4 is 10.7 Å². The van der Waals surface area contributed by atoms with E-state index >= 15 is 0 Å². The molecule has 6 heteroatoms. The molecule has 2 aromatic rings. The maximum Gasteiger partial charge on any atom is 0.240 e. The highest BCUT2D eigenvalue weighted by atomic mass is 19.1. The van der Waals surface area contributed by atoms with Crippen LogP contribution in [0.4, 0.5) is 10.1 Å². The molecule has 2 amide bonds. The average Bonchev–Trinajstić information content (AvgIpc) is 2.61. The number of halogens is 1. The van der Waals surface area contributed by atoms with Crippen LogP contribution in [0.15, 0.2) is 59.7 Å². The van der Waals surface area contributed by atoms with Gasteiger partial charge in [-0.25, -0.2) is 9.82 Å². The second-order valence-corrected chi connectivity index (χ2v) is 5.60. The van der Waals surface area contributed by atoms with Crippen molar-refractivity contribution in [3.05, 3.63) is 66.0 Å². The summed E-state index contributed by atoms with van der Waals surface area (Å²) >= 11 is 0. The van der Waals surface area contributed by atoms with Gasteiger partial charge in [0.2, 0.25) is 11.8 Å². The van der Waals surface area contributed by atoms with E-state index in [2.05, 4.69) is 15.8 Å². The highest BCUT2D eigenvalue weighted by molar-refractivity contribution is 6.05. The number of carbonyl (C=O) groups is 2. The molecule has 0 unspecified atom stereocenters. The van der Waals surface area contributed by atoms with E-state index in [4.69, 9.17) is 0 Å². The summed E-state index contributed by atoms with van der Waals surface area (Å²) in [5.41, 5.74) is 4.51. The largest absolute Gasteiger partial charge is 0.326 e. The van der Waals surface area contributed by atoms with Crippen LogP contribution in [0.1, 0.15) is 25.3 Å². The minimum Gasteiger partial charge on any atom is -0.326 e. The van der Waals surface area contributed by atoms with Gasteiger partial charge in [0.15, 0.2) is 0 Å². The maximum atomic E-state index is 12.8. The van der Waals surface area contributed by atoms with Crippen molar-refractivity contribution in [1.29, 1.82) is 0 Å². The third kappa shape index (κ3) is 6.95. The number of nitrogens with one attached hydrogen (secondary N) is 2. The summed E-state index contributed by atoms with van der Waals surface area (Å²) in [7, 11) is 0. The van der Waals surface area contributed by atoms with Gasteiger partial charge in [0, 0.05) is 17.8 Å². The minimum absolute atomic E-state index is 0.0380. The Labute approximate surface area is 145 Å². The number of hydrogen-bond donors (Lipinski definition) is 2. The second-order valence-electron chi connectivity index (χ2n) is 5.60. The molecule has 0 spiro atoms. The summed E-state index contributed by atoms with van der Waals surface area (Å²) in [6, 6.07) is 15.2. The van der Waals surface area contributed by atoms with Crippen LogP contribution in [-0.2, 0) is 16.0 Å². The van der Waals surface area contributed by atoms with Crippen molar-refractivity contribution in [1.82, 2.24) is 5.43 Å². The standard InChI is InChI=1S/C19H20FN3O2/c1-14(13-19(25)21-17-10-8-16(20)9-11-17)22-23-18(24)12-7-15-5-3-2-4-6-15/h2-6,8-11H,7,12-13H2,1H3,(H,21,25)(H,23,24). The number of rotatable bonds is 7. The quantitative estimate of drug-likeness (QED) is 0.599. The van der Waals surface area contributed by atoms with Crippen LogP contribution in [0.2, 0.25) is 0 Å². The van der Waals surface area contributed by atoms with Crippen LogP contribution in [-0.4, -0.2) is 17.5 Å². The molecule has 0 aliphatic carbocycles. The Kier molecular flexibility index (Phi) is 6.83.